The fourth-order valence-corrected chi connectivity index (χ4v) is 5.24. The molecule has 0 spiro atoms. The number of fused-ring (bicyclic) bond motifs is 1. The number of nitrogens with zero attached hydrogens (tertiary/aromatic N) is 2. The smallest absolute Gasteiger partial charge is 0.338 e. The molecule has 1 atom stereocenters. The van der Waals surface area contributed by atoms with Crippen LogP contribution in [0.4, 0.5) is 4.39 Å². The Morgan fingerprint density at radius 1 is 1.23 bits per heavy atom. The van der Waals surface area contributed by atoms with E-state index >= 15 is 0 Å². The predicted molar refractivity (Wildman–Crippen MR) is 134 cm³/mol. The maximum atomic E-state index is 13.7. The van der Waals surface area contributed by atoms with E-state index in [2.05, 4.69) is 0 Å². The van der Waals surface area contributed by atoms with E-state index in [0.29, 0.717) is 43.4 Å². The van der Waals surface area contributed by atoms with E-state index in [1.54, 1.807) is 43.3 Å². The number of carbonyl (C=O) groups is 1. The molecular weight excluding hydrogens is 491 g/mol. The Labute approximate surface area is 210 Å². The summed E-state index contributed by atoms with van der Waals surface area (Å²) in [6.45, 7) is 3.89. The van der Waals surface area contributed by atoms with Crippen molar-refractivity contribution in [3.05, 3.63) is 95.4 Å². The van der Waals surface area contributed by atoms with Gasteiger partial charge in [-0.2, -0.15) is 0 Å². The second kappa shape index (κ2) is 10.6. The molecule has 0 N–H and O–H groups in total. The standard InChI is InChI=1S/C26H24ClFN2O4S/c1-4-6-19-22(25(32)34-5-2)23(18-14-16(27)9-12-20(18)33-3)30-24(31)21(35-26(30)29-19)13-15-7-10-17(28)11-8-15/h7-14,23H,4-6H2,1-3H3/b21-13+/t23-/m1/s1. The first-order valence-electron chi connectivity index (χ1n) is 11.2. The van der Waals surface area contributed by atoms with Crippen LogP contribution in [0, 0.1) is 5.82 Å². The lowest BCUT2D eigenvalue weighted by atomic mass is 9.93. The minimum atomic E-state index is -0.837. The van der Waals surface area contributed by atoms with Crippen molar-refractivity contribution in [1.82, 2.24) is 4.57 Å². The van der Waals surface area contributed by atoms with Gasteiger partial charge in [0.1, 0.15) is 17.6 Å². The van der Waals surface area contributed by atoms with E-state index in [4.69, 9.17) is 26.1 Å². The highest BCUT2D eigenvalue weighted by Gasteiger charge is 2.36. The molecule has 35 heavy (non-hydrogen) atoms. The van der Waals surface area contributed by atoms with E-state index in [0.717, 1.165) is 6.42 Å². The number of rotatable bonds is 7. The van der Waals surface area contributed by atoms with Gasteiger partial charge in [0.05, 0.1) is 29.5 Å². The highest BCUT2D eigenvalue weighted by atomic mass is 35.5. The molecule has 0 unspecified atom stereocenters. The monoisotopic (exact) mass is 514 g/mol. The summed E-state index contributed by atoms with van der Waals surface area (Å²) in [7, 11) is 1.52. The molecule has 4 rings (SSSR count). The van der Waals surface area contributed by atoms with Crippen molar-refractivity contribution >= 4 is 35.0 Å². The maximum Gasteiger partial charge on any atom is 0.338 e. The van der Waals surface area contributed by atoms with Gasteiger partial charge in [-0.1, -0.05) is 48.4 Å². The summed E-state index contributed by atoms with van der Waals surface area (Å²) in [6, 6.07) is 10.1. The van der Waals surface area contributed by atoms with Crippen molar-refractivity contribution in [3.63, 3.8) is 0 Å². The molecule has 0 bridgehead atoms. The quantitative estimate of drug-likeness (QED) is 0.439. The number of hydrogen-bond acceptors (Lipinski definition) is 6. The largest absolute Gasteiger partial charge is 0.496 e. The zero-order valence-electron chi connectivity index (χ0n) is 19.5. The van der Waals surface area contributed by atoms with E-state index in [9.17, 15) is 14.0 Å². The van der Waals surface area contributed by atoms with Crippen LogP contribution in [0.1, 0.15) is 43.9 Å². The number of halogens is 2. The van der Waals surface area contributed by atoms with Crippen LogP contribution in [0.25, 0.3) is 6.08 Å². The Morgan fingerprint density at radius 3 is 2.63 bits per heavy atom. The molecule has 6 nitrogen and oxygen atoms in total. The predicted octanol–water partition coefficient (Wildman–Crippen LogP) is 4.38. The van der Waals surface area contributed by atoms with Crippen LogP contribution in [0.3, 0.4) is 0 Å². The highest BCUT2D eigenvalue weighted by molar-refractivity contribution is 7.07. The molecule has 0 radical (unpaired) electrons. The Bertz CT molecular complexity index is 1470. The van der Waals surface area contributed by atoms with Crippen molar-refractivity contribution in [2.75, 3.05) is 13.7 Å². The van der Waals surface area contributed by atoms with Gasteiger partial charge in [-0.15, -0.1) is 0 Å². The fourth-order valence-electron chi connectivity index (χ4n) is 4.04. The van der Waals surface area contributed by atoms with Crippen LogP contribution >= 0.6 is 22.9 Å². The van der Waals surface area contributed by atoms with Crippen molar-refractivity contribution in [1.29, 1.82) is 0 Å². The normalized spacial score (nSPS) is 15.6. The average Bonchev–Trinajstić information content (AvgIpc) is 3.14. The minimum absolute atomic E-state index is 0.177. The number of thiazole rings is 1. The van der Waals surface area contributed by atoms with Crippen molar-refractivity contribution in [2.45, 2.75) is 32.7 Å². The number of allylic oxidation sites excluding steroid dienone is 1. The number of ether oxygens (including phenoxy) is 2. The average molecular weight is 515 g/mol. The van der Waals surface area contributed by atoms with Crippen LogP contribution < -0.4 is 19.6 Å². The number of hydrogen-bond donors (Lipinski definition) is 0. The van der Waals surface area contributed by atoms with E-state index < -0.39 is 12.0 Å². The van der Waals surface area contributed by atoms with Crippen LogP contribution in [0.5, 0.6) is 5.75 Å². The first-order chi connectivity index (χ1) is 16.9. The third-order valence-electron chi connectivity index (χ3n) is 5.55. The molecule has 0 fully saturated rings. The lowest BCUT2D eigenvalue weighted by molar-refractivity contribution is -0.139. The first kappa shape index (κ1) is 24.9. The van der Waals surface area contributed by atoms with Crippen LogP contribution in [0.15, 0.2) is 63.5 Å². The molecule has 1 aliphatic heterocycles. The second-order valence-corrected chi connectivity index (χ2v) is 9.30. The van der Waals surface area contributed by atoms with Gasteiger partial charge >= 0.3 is 5.97 Å². The third kappa shape index (κ3) is 4.94. The van der Waals surface area contributed by atoms with Gasteiger partial charge < -0.3 is 9.47 Å². The Balaban J connectivity index is 2.04. The number of aromatic nitrogens is 1. The Kier molecular flexibility index (Phi) is 7.52. The molecule has 3 aromatic rings. The van der Waals surface area contributed by atoms with Gasteiger partial charge in [0.2, 0.25) is 0 Å². The number of benzene rings is 2. The summed E-state index contributed by atoms with van der Waals surface area (Å²) in [5.74, 6) is -0.424. The van der Waals surface area contributed by atoms with Gasteiger partial charge in [-0.05, 0) is 55.3 Å². The molecule has 0 aliphatic carbocycles. The highest BCUT2D eigenvalue weighted by Crippen LogP contribution is 2.38. The summed E-state index contributed by atoms with van der Waals surface area (Å²) < 4.78 is 26.2. The van der Waals surface area contributed by atoms with E-state index in [-0.39, 0.29) is 23.6 Å². The second-order valence-electron chi connectivity index (χ2n) is 7.85. The van der Waals surface area contributed by atoms with Crippen molar-refractivity contribution in [2.24, 2.45) is 4.99 Å². The van der Waals surface area contributed by atoms with E-state index in [1.807, 2.05) is 6.92 Å². The first-order valence-corrected chi connectivity index (χ1v) is 12.4. The summed E-state index contributed by atoms with van der Waals surface area (Å²) >= 11 is 7.55. The van der Waals surface area contributed by atoms with Gasteiger partial charge in [-0.25, -0.2) is 14.2 Å². The number of carbonyl (C=O) groups excluding carboxylic acids is 1. The van der Waals surface area contributed by atoms with E-state index in [1.165, 1.54) is 35.1 Å². The maximum absolute atomic E-state index is 13.7. The lowest BCUT2D eigenvalue weighted by Gasteiger charge is -2.27. The van der Waals surface area contributed by atoms with Gasteiger partial charge in [-0.3, -0.25) is 9.36 Å². The molecule has 2 aromatic carbocycles. The molecule has 1 aliphatic rings. The topological polar surface area (TPSA) is 69.9 Å². The molecule has 0 saturated heterocycles. The minimum Gasteiger partial charge on any atom is -0.496 e. The summed E-state index contributed by atoms with van der Waals surface area (Å²) in [6.07, 6.45) is 2.95. The van der Waals surface area contributed by atoms with Gasteiger partial charge in [0.15, 0.2) is 4.80 Å². The Morgan fingerprint density at radius 2 is 1.97 bits per heavy atom. The fraction of sp³-hybridized carbons (Fsp3) is 0.269. The molecule has 182 valence electrons. The summed E-state index contributed by atoms with van der Waals surface area (Å²) in [5, 5.41) is 0.437. The SMILES string of the molecule is CCCC1=C(C(=O)OCC)[C@@H](c2cc(Cl)ccc2OC)n2c(s/c(=C/c3ccc(F)cc3)c2=O)=N1. The summed E-state index contributed by atoms with van der Waals surface area (Å²) in [4.78, 5) is 32.1. The zero-order valence-corrected chi connectivity index (χ0v) is 21.1. The van der Waals surface area contributed by atoms with Gasteiger partial charge in [0, 0.05) is 10.6 Å². The summed E-state index contributed by atoms with van der Waals surface area (Å²) in [5.41, 5.74) is 1.75. The third-order valence-corrected chi connectivity index (χ3v) is 6.76. The Hall–Kier alpha value is -3.23. The molecule has 9 heteroatoms. The molecule has 0 saturated carbocycles. The zero-order chi connectivity index (χ0) is 25.1. The molecule has 0 amide bonds. The lowest BCUT2D eigenvalue weighted by Crippen LogP contribution is -2.40. The van der Waals surface area contributed by atoms with Crippen LogP contribution in [-0.2, 0) is 9.53 Å². The van der Waals surface area contributed by atoms with Crippen molar-refractivity contribution < 1.29 is 18.7 Å². The molecule has 2 heterocycles. The number of esters is 1. The van der Waals surface area contributed by atoms with Crippen molar-refractivity contribution in [3.8, 4) is 5.75 Å². The molecular formula is C26H24ClFN2O4S. The molecule has 1 aromatic heterocycles. The van der Waals surface area contributed by atoms with Crippen LogP contribution in [-0.4, -0.2) is 24.3 Å². The number of methoxy groups -OCH3 is 1. The van der Waals surface area contributed by atoms with Gasteiger partial charge in [0.25, 0.3) is 5.56 Å². The van der Waals surface area contributed by atoms with Crippen LogP contribution in [0.2, 0.25) is 5.02 Å².